The summed E-state index contributed by atoms with van der Waals surface area (Å²) in [7, 11) is 0. The Morgan fingerprint density at radius 1 is 1.39 bits per heavy atom. The lowest BCUT2D eigenvalue weighted by atomic mass is 10.1. The van der Waals surface area contributed by atoms with Crippen LogP contribution in [0, 0.1) is 0 Å². The van der Waals surface area contributed by atoms with Crippen LogP contribution in [-0.4, -0.2) is 20.9 Å². The first-order chi connectivity index (χ1) is 8.50. The van der Waals surface area contributed by atoms with Gasteiger partial charge in [-0.1, -0.05) is 37.6 Å². The first-order valence-electron chi connectivity index (χ1n) is 5.59. The molecular formula is C13H13ClN2O2. The predicted octanol–water partition coefficient (Wildman–Crippen LogP) is 3.35. The van der Waals surface area contributed by atoms with E-state index in [0.29, 0.717) is 10.7 Å². The highest BCUT2D eigenvalue weighted by Crippen LogP contribution is 2.25. The van der Waals surface area contributed by atoms with Crippen molar-refractivity contribution in [2.75, 3.05) is 0 Å². The molecule has 0 aliphatic rings. The molecule has 18 heavy (non-hydrogen) atoms. The monoisotopic (exact) mass is 264 g/mol. The van der Waals surface area contributed by atoms with Gasteiger partial charge in [0.05, 0.1) is 10.7 Å². The Morgan fingerprint density at radius 2 is 2.06 bits per heavy atom. The number of carboxylic acids is 1. The molecule has 0 saturated heterocycles. The molecule has 0 unspecified atom stereocenters. The number of aromatic nitrogens is 2. The minimum absolute atomic E-state index is 0.0265. The van der Waals surface area contributed by atoms with E-state index in [1.165, 1.54) is 0 Å². The minimum Gasteiger partial charge on any atom is -0.476 e. The fourth-order valence-electron chi connectivity index (χ4n) is 1.73. The third-order valence-corrected chi connectivity index (χ3v) is 2.95. The van der Waals surface area contributed by atoms with E-state index in [0.717, 1.165) is 5.69 Å². The Balaban J connectivity index is 2.63. The number of rotatable bonds is 3. The molecule has 0 radical (unpaired) electrons. The van der Waals surface area contributed by atoms with E-state index < -0.39 is 5.97 Å². The average molecular weight is 265 g/mol. The molecule has 1 aromatic carbocycles. The summed E-state index contributed by atoms with van der Waals surface area (Å²) in [5, 5.41) is 13.6. The molecule has 5 heteroatoms. The second kappa shape index (κ2) is 4.82. The van der Waals surface area contributed by atoms with E-state index in [4.69, 9.17) is 16.7 Å². The Labute approximate surface area is 110 Å². The Kier molecular flexibility index (Phi) is 3.39. The zero-order valence-electron chi connectivity index (χ0n) is 10.1. The molecule has 0 fully saturated rings. The molecule has 0 aliphatic heterocycles. The Morgan fingerprint density at radius 3 is 2.61 bits per heavy atom. The van der Waals surface area contributed by atoms with Gasteiger partial charge >= 0.3 is 5.97 Å². The van der Waals surface area contributed by atoms with Gasteiger partial charge in [-0.05, 0) is 24.1 Å². The fraction of sp³-hybridized carbons (Fsp3) is 0.231. The molecule has 1 aromatic heterocycles. The van der Waals surface area contributed by atoms with Gasteiger partial charge in [-0.15, -0.1) is 0 Å². The van der Waals surface area contributed by atoms with Crippen LogP contribution in [0.15, 0.2) is 30.3 Å². The van der Waals surface area contributed by atoms with Crippen LogP contribution < -0.4 is 0 Å². The molecule has 1 heterocycles. The smallest absolute Gasteiger partial charge is 0.356 e. The molecule has 2 aromatic rings. The summed E-state index contributed by atoms with van der Waals surface area (Å²) < 4.78 is 1.59. The van der Waals surface area contributed by atoms with E-state index in [-0.39, 0.29) is 11.6 Å². The summed E-state index contributed by atoms with van der Waals surface area (Å²) in [5.74, 6) is -0.885. The standard InChI is InChI=1S/C13H13ClN2O2/c1-8(2)12-7-10(13(17)18)15-16(12)11-6-4-3-5-9(11)14/h3-8H,1-2H3,(H,17,18). The molecule has 4 nitrogen and oxygen atoms in total. The molecule has 0 atom stereocenters. The van der Waals surface area contributed by atoms with Crippen molar-refractivity contribution in [2.45, 2.75) is 19.8 Å². The van der Waals surface area contributed by atoms with Gasteiger partial charge in [0.15, 0.2) is 5.69 Å². The zero-order valence-corrected chi connectivity index (χ0v) is 10.8. The first-order valence-corrected chi connectivity index (χ1v) is 5.96. The lowest BCUT2D eigenvalue weighted by molar-refractivity contribution is 0.0690. The number of nitrogens with zero attached hydrogens (tertiary/aromatic N) is 2. The molecule has 0 bridgehead atoms. The highest BCUT2D eigenvalue weighted by Gasteiger charge is 2.17. The fourth-order valence-corrected chi connectivity index (χ4v) is 1.94. The van der Waals surface area contributed by atoms with Crippen LogP contribution in [0.1, 0.15) is 35.9 Å². The molecular weight excluding hydrogens is 252 g/mol. The lowest BCUT2D eigenvalue weighted by Gasteiger charge is -2.10. The first kappa shape index (κ1) is 12.6. The van der Waals surface area contributed by atoms with E-state index in [2.05, 4.69) is 5.10 Å². The summed E-state index contributed by atoms with van der Waals surface area (Å²) >= 11 is 6.12. The average Bonchev–Trinajstić information content (AvgIpc) is 2.74. The van der Waals surface area contributed by atoms with Gasteiger partial charge in [-0.3, -0.25) is 0 Å². The number of hydrogen-bond donors (Lipinski definition) is 1. The second-order valence-corrected chi connectivity index (χ2v) is 4.68. The van der Waals surface area contributed by atoms with E-state index in [1.54, 1.807) is 16.8 Å². The van der Waals surface area contributed by atoms with E-state index >= 15 is 0 Å². The van der Waals surface area contributed by atoms with Crippen molar-refractivity contribution in [3.05, 3.63) is 46.7 Å². The predicted molar refractivity (Wildman–Crippen MR) is 69.6 cm³/mol. The van der Waals surface area contributed by atoms with Gasteiger partial charge in [-0.25, -0.2) is 9.48 Å². The van der Waals surface area contributed by atoms with Gasteiger partial charge in [-0.2, -0.15) is 5.10 Å². The van der Waals surface area contributed by atoms with Crippen molar-refractivity contribution in [1.82, 2.24) is 9.78 Å². The minimum atomic E-state index is -1.04. The number of halogens is 1. The molecule has 0 saturated carbocycles. The SMILES string of the molecule is CC(C)c1cc(C(=O)O)nn1-c1ccccc1Cl. The molecule has 0 aliphatic carbocycles. The second-order valence-electron chi connectivity index (χ2n) is 4.28. The van der Waals surface area contributed by atoms with E-state index in [9.17, 15) is 4.79 Å². The molecule has 94 valence electrons. The van der Waals surface area contributed by atoms with Crippen LogP contribution in [0.4, 0.5) is 0 Å². The number of aromatic carboxylic acids is 1. The summed E-state index contributed by atoms with van der Waals surface area (Å²) in [6.45, 7) is 3.96. The highest BCUT2D eigenvalue weighted by atomic mass is 35.5. The van der Waals surface area contributed by atoms with Crippen molar-refractivity contribution in [3.63, 3.8) is 0 Å². The van der Waals surface area contributed by atoms with Crippen molar-refractivity contribution in [3.8, 4) is 5.69 Å². The Hall–Kier alpha value is -1.81. The lowest BCUT2D eigenvalue weighted by Crippen LogP contribution is -2.05. The number of carbonyl (C=O) groups is 1. The van der Waals surface area contributed by atoms with Crippen LogP contribution in [-0.2, 0) is 0 Å². The van der Waals surface area contributed by atoms with Crippen LogP contribution in [0.2, 0.25) is 5.02 Å². The quantitative estimate of drug-likeness (QED) is 0.925. The van der Waals surface area contributed by atoms with E-state index in [1.807, 2.05) is 32.0 Å². The number of carboxylic acid groups (broad SMARTS) is 1. The maximum atomic E-state index is 11.0. The van der Waals surface area contributed by atoms with Crippen LogP contribution in [0.25, 0.3) is 5.69 Å². The highest BCUT2D eigenvalue weighted by molar-refractivity contribution is 6.32. The largest absolute Gasteiger partial charge is 0.476 e. The topological polar surface area (TPSA) is 55.1 Å². The van der Waals surface area contributed by atoms with Gasteiger partial charge in [0.1, 0.15) is 0 Å². The number of hydrogen-bond acceptors (Lipinski definition) is 2. The summed E-state index contributed by atoms with van der Waals surface area (Å²) in [5.41, 5.74) is 1.54. The maximum absolute atomic E-state index is 11.0. The third kappa shape index (κ3) is 2.24. The molecule has 1 N–H and O–H groups in total. The van der Waals surface area contributed by atoms with Crippen molar-refractivity contribution >= 4 is 17.6 Å². The number of para-hydroxylation sites is 1. The van der Waals surface area contributed by atoms with Gasteiger partial charge in [0.2, 0.25) is 0 Å². The van der Waals surface area contributed by atoms with Crippen LogP contribution in [0.3, 0.4) is 0 Å². The van der Waals surface area contributed by atoms with Crippen molar-refractivity contribution in [1.29, 1.82) is 0 Å². The Bertz CT molecular complexity index is 590. The molecule has 0 spiro atoms. The third-order valence-electron chi connectivity index (χ3n) is 2.63. The molecule has 0 amide bonds. The molecule has 2 rings (SSSR count). The summed E-state index contributed by atoms with van der Waals surface area (Å²) in [4.78, 5) is 11.0. The maximum Gasteiger partial charge on any atom is 0.356 e. The van der Waals surface area contributed by atoms with Crippen molar-refractivity contribution in [2.24, 2.45) is 0 Å². The summed E-state index contributed by atoms with van der Waals surface area (Å²) in [6.07, 6.45) is 0. The zero-order chi connectivity index (χ0) is 13.3. The van der Waals surface area contributed by atoms with Gasteiger partial charge in [0, 0.05) is 5.69 Å². The normalized spacial score (nSPS) is 10.9. The van der Waals surface area contributed by atoms with Crippen molar-refractivity contribution < 1.29 is 9.90 Å². The summed E-state index contributed by atoms with van der Waals surface area (Å²) in [6, 6.07) is 8.81. The number of benzene rings is 1. The van der Waals surface area contributed by atoms with Gasteiger partial charge < -0.3 is 5.11 Å². The van der Waals surface area contributed by atoms with Crippen LogP contribution >= 0.6 is 11.6 Å². The van der Waals surface area contributed by atoms with Crippen LogP contribution in [0.5, 0.6) is 0 Å². The van der Waals surface area contributed by atoms with Gasteiger partial charge in [0.25, 0.3) is 0 Å².